The Morgan fingerprint density at radius 1 is 1.09 bits per heavy atom. The Morgan fingerprint density at radius 2 is 1.69 bits per heavy atom. The maximum atomic E-state index is 12.8. The van der Waals surface area contributed by atoms with Crippen molar-refractivity contribution in [2.75, 3.05) is 6.54 Å². The van der Waals surface area contributed by atoms with Crippen LogP contribution in [0.1, 0.15) is 66.9 Å². The molecular formula is C26H33BrN2O3. The van der Waals surface area contributed by atoms with E-state index in [2.05, 4.69) is 59.4 Å². The van der Waals surface area contributed by atoms with E-state index >= 15 is 0 Å². The Bertz CT molecular complexity index is 915. The van der Waals surface area contributed by atoms with Crippen LogP contribution in [0.2, 0.25) is 0 Å². The van der Waals surface area contributed by atoms with E-state index in [1.165, 1.54) is 31.2 Å². The van der Waals surface area contributed by atoms with Crippen molar-refractivity contribution in [3.63, 3.8) is 0 Å². The van der Waals surface area contributed by atoms with Gasteiger partial charge in [-0.25, -0.2) is 0 Å². The van der Waals surface area contributed by atoms with Crippen LogP contribution in [-0.2, 0) is 11.2 Å². The topological polar surface area (TPSA) is 92.4 Å². The molecule has 0 saturated heterocycles. The van der Waals surface area contributed by atoms with Gasteiger partial charge >= 0.3 is 5.97 Å². The van der Waals surface area contributed by atoms with Crippen molar-refractivity contribution in [3.05, 3.63) is 69.7 Å². The van der Waals surface area contributed by atoms with Gasteiger partial charge in [-0.1, -0.05) is 54.0 Å². The molecule has 1 unspecified atom stereocenters. The molecule has 3 rings (SSSR count). The van der Waals surface area contributed by atoms with Gasteiger partial charge in [0.1, 0.15) is 6.04 Å². The van der Waals surface area contributed by atoms with Gasteiger partial charge in [0.25, 0.3) is 5.91 Å². The summed E-state index contributed by atoms with van der Waals surface area (Å²) in [6.45, 7) is 5.27. The molecule has 2 atom stereocenters. The van der Waals surface area contributed by atoms with E-state index in [9.17, 15) is 9.59 Å². The van der Waals surface area contributed by atoms with Crippen LogP contribution in [0.25, 0.3) is 0 Å². The van der Waals surface area contributed by atoms with Crippen LogP contribution in [0.4, 0.5) is 0 Å². The molecule has 0 radical (unpaired) electrons. The van der Waals surface area contributed by atoms with Crippen LogP contribution in [-0.4, -0.2) is 29.6 Å². The third-order valence-corrected chi connectivity index (χ3v) is 7.25. The fraction of sp³-hybridized carbons (Fsp3) is 0.462. The third-order valence-electron chi connectivity index (χ3n) is 6.72. The summed E-state index contributed by atoms with van der Waals surface area (Å²) in [4.78, 5) is 23.8. The molecule has 6 heteroatoms. The number of nitrogens with two attached hydrogens (primary N) is 1. The second-order valence-corrected chi connectivity index (χ2v) is 10.6. The third kappa shape index (κ3) is 6.66. The van der Waals surface area contributed by atoms with Crippen LogP contribution >= 0.6 is 15.9 Å². The minimum Gasteiger partial charge on any atom is -0.480 e. The molecule has 1 saturated carbocycles. The lowest BCUT2D eigenvalue weighted by molar-refractivity contribution is -0.138. The minimum absolute atomic E-state index is 0.114. The second-order valence-electron chi connectivity index (χ2n) is 9.72. The molecule has 0 bridgehead atoms. The van der Waals surface area contributed by atoms with Crippen molar-refractivity contribution in [2.24, 2.45) is 17.1 Å². The molecule has 0 aromatic heterocycles. The van der Waals surface area contributed by atoms with E-state index in [1.807, 2.05) is 0 Å². The van der Waals surface area contributed by atoms with Gasteiger partial charge < -0.3 is 16.2 Å². The average molecular weight is 501 g/mol. The number of hydrogen-bond acceptors (Lipinski definition) is 3. The highest BCUT2D eigenvalue weighted by Crippen LogP contribution is 2.43. The molecule has 32 heavy (non-hydrogen) atoms. The molecule has 172 valence electrons. The van der Waals surface area contributed by atoms with E-state index in [0.717, 1.165) is 10.0 Å². The lowest BCUT2D eigenvalue weighted by Crippen LogP contribution is -2.34. The lowest BCUT2D eigenvalue weighted by Gasteiger charge is -2.38. The SMILES string of the molecule is CC1(C)CCC(C(CNC(=O)c2ccc(C[C@H](N)C(=O)O)cc2)c2ccc(Br)cc2)CC1. The van der Waals surface area contributed by atoms with Crippen molar-refractivity contribution >= 4 is 27.8 Å². The first-order valence-electron chi connectivity index (χ1n) is 11.3. The molecule has 1 amide bonds. The molecule has 1 aliphatic carbocycles. The highest BCUT2D eigenvalue weighted by molar-refractivity contribution is 9.10. The van der Waals surface area contributed by atoms with Crippen LogP contribution in [0.3, 0.4) is 0 Å². The quantitative estimate of drug-likeness (QED) is 0.468. The number of carbonyl (C=O) groups excluding carboxylic acids is 1. The maximum Gasteiger partial charge on any atom is 0.320 e. The first kappa shape index (κ1) is 24.5. The minimum atomic E-state index is -1.03. The molecule has 1 aliphatic rings. The Hall–Kier alpha value is -2.18. The summed E-state index contributed by atoms with van der Waals surface area (Å²) in [5, 5.41) is 12.1. The van der Waals surface area contributed by atoms with Gasteiger partial charge in [0.15, 0.2) is 0 Å². The highest BCUT2D eigenvalue weighted by atomic mass is 79.9. The van der Waals surface area contributed by atoms with Crippen LogP contribution in [0, 0.1) is 11.3 Å². The first-order chi connectivity index (χ1) is 15.1. The number of carbonyl (C=O) groups is 2. The van der Waals surface area contributed by atoms with E-state index in [-0.39, 0.29) is 18.2 Å². The summed E-state index contributed by atoms with van der Waals surface area (Å²) >= 11 is 3.52. The van der Waals surface area contributed by atoms with Gasteiger partial charge in [-0.05, 0) is 78.8 Å². The number of carboxylic acids is 1. The van der Waals surface area contributed by atoms with Crippen LogP contribution in [0.5, 0.6) is 0 Å². The Morgan fingerprint density at radius 3 is 2.25 bits per heavy atom. The van der Waals surface area contributed by atoms with Crippen LogP contribution < -0.4 is 11.1 Å². The molecule has 0 aliphatic heterocycles. The Labute approximate surface area is 198 Å². The number of aliphatic carboxylic acids is 1. The van der Waals surface area contributed by atoms with Crippen molar-refractivity contribution < 1.29 is 14.7 Å². The molecule has 4 N–H and O–H groups in total. The number of nitrogens with one attached hydrogen (secondary N) is 1. The number of carboxylic acid groups (broad SMARTS) is 1. The first-order valence-corrected chi connectivity index (χ1v) is 12.0. The average Bonchev–Trinajstić information content (AvgIpc) is 2.76. The molecule has 2 aromatic rings. The van der Waals surface area contributed by atoms with E-state index in [1.54, 1.807) is 24.3 Å². The highest BCUT2D eigenvalue weighted by Gasteiger charge is 2.32. The zero-order valence-corrected chi connectivity index (χ0v) is 20.4. The maximum absolute atomic E-state index is 12.8. The fourth-order valence-corrected chi connectivity index (χ4v) is 4.79. The van der Waals surface area contributed by atoms with Gasteiger partial charge in [0.05, 0.1) is 0 Å². The standard InChI is InChI=1S/C26H33BrN2O3/c1-26(2)13-11-19(12-14-26)22(18-7-9-21(27)10-8-18)16-29-24(30)20-5-3-17(4-6-20)15-23(28)25(31)32/h3-10,19,22-23H,11-16,28H2,1-2H3,(H,29,30)(H,31,32)/t22?,23-/m0/s1. The second kappa shape index (κ2) is 10.6. The number of halogens is 1. The molecule has 2 aromatic carbocycles. The normalized spacial score (nSPS) is 18.0. The monoisotopic (exact) mass is 500 g/mol. The summed E-state index contributed by atoms with van der Waals surface area (Å²) in [5.74, 6) is -0.324. The van der Waals surface area contributed by atoms with Crippen LogP contribution in [0.15, 0.2) is 53.0 Å². The zero-order chi connectivity index (χ0) is 23.3. The zero-order valence-electron chi connectivity index (χ0n) is 18.8. The largest absolute Gasteiger partial charge is 0.480 e. The molecule has 1 fully saturated rings. The van der Waals surface area contributed by atoms with Gasteiger partial charge in [-0.2, -0.15) is 0 Å². The molecule has 0 heterocycles. The smallest absolute Gasteiger partial charge is 0.320 e. The lowest BCUT2D eigenvalue weighted by atomic mass is 9.68. The van der Waals surface area contributed by atoms with Crippen molar-refractivity contribution in [1.82, 2.24) is 5.32 Å². The van der Waals surface area contributed by atoms with E-state index in [0.29, 0.717) is 23.4 Å². The summed E-state index contributed by atoms with van der Waals surface area (Å²) < 4.78 is 1.05. The van der Waals surface area contributed by atoms with Crippen molar-refractivity contribution in [3.8, 4) is 0 Å². The molecular weight excluding hydrogens is 468 g/mol. The summed E-state index contributed by atoms with van der Waals surface area (Å²) in [6.07, 6.45) is 4.99. The number of amides is 1. The van der Waals surface area contributed by atoms with Gasteiger partial charge in [0.2, 0.25) is 0 Å². The number of benzene rings is 2. The predicted molar refractivity (Wildman–Crippen MR) is 131 cm³/mol. The Balaban J connectivity index is 1.66. The Kier molecular flexibility index (Phi) is 8.12. The van der Waals surface area contributed by atoms with Crippen molar-refractivity contribution in [1.29, 1.82) is 0 Å². The summed E-state index contributed by atoms with van der Waals surface area (Å²) in [5.41, 5.74) is 8.62. The predicted octanol–water partition coefficient (Wildman–Crippen LogP) is 5.13. The van der Waals surface area contributed by atoms with Gasteiger partial charge in [-0.15, -0.1) is 0 Å². The van der Waals surface area contributed by atoms with Gasteiger partial charge in [0, 0.05) is 22.5 Å². The summed E-state index contributed by atoms with van der Waals surface area (Å²) in [7, 11) is 0. The molecule has 0 spiro atoms. The summed E-state index contributed by atoms with van der Waals surface area (Å²) in [6, 6.07) is 14.5. The number of hydrogen-bond donors (Lipinski definition) is 3. The number of rotatable bonds is 8. The molecule has 5 nitrogen and oxygen atoms in total. The fourth-order valence-electron chi connectivity index (χ4n) is 4.53. The van der Waals surface area contributed by atoms with E-state index < -0.39 is 12.0 Å². The van der Waals surface area contributed by atoms with E-state index in [4.69, 9.17) is 10.8 Å². The van der Waals surface area contributed by atoms with Crippen molar-refractivity contribution in [2.45, 2.75) is 57.9 Å². The van der Waals surface area contributed by atoms with Gasteiger partial charge in [-0.3, -0.25) is 9.59 Å².